The van der Waals surface area contributed by atoms with E-state index in [1.165, 1.54) is 11.8 Å². The number of aliphatic hydroxyl groups excluding tert-OH is 1. The number of nitrogens with zero attached hydrogens (tertiary/aromatic N) is 1. The van der Waals surface area contributed by atoms with Crippen LogP contribution >= 0.6 is 11.8 Å². The zero-order valence-electron chi connectivity index (χ0n) is 9.34. The molecule has 0 heterocycles. The topological polar surface area (TPSA) is 78.8 Å². The minimum absolute atomic E-state index is 0.0760. The predicted molar refractivity (Wildman–Crippen MR) is 66.1 cm³/mol. The van der Waals surface area contributed by atoms with Crippen LogP contribution < -0.4 is 5.73 Å². The Morgan fingerprint density at radius 3 is 2.81 bits per heavy atom. The summed E-state index contributed by atoms with van der Waals surface area (Å²) in [6.45, 7) is 3.99. The summed E-state index contributed by atoms with van der Waals surface area (Å²) in [4.78, 5) is 0.914. The highest BCUT2D eigenvalue weighted by molar-refractivity contribution is 8.00. The van der Waals surface area contributed by atoms with E-state index in [9.17, 15) is 0 Å². The molecule has 0 saturated heterocycles. The van der Waals surface area contributed by atoms with E-state index in [2.05, 4.69) is 5.16 Å². The zero-order valence-corrected chi connectivity index (χ0v) is 10.2. The van der Waals surface area contributed by atoms with Crippen molar-refractivity contribution in [1.82, 2.24) is 0 Å². The fourth-order valence-corrected chi connectivity index (χ4v) is 2.31. The number of aryl methyl sites for hydroxylation is 1. The van der Waals surface area contributed by atoms with Crippen molar-refractivity contribution in [2.45, 2.75) is 24.0 Å². The Labute approximate surface area is 99.2 Å². The Kier molecular flexibility index (Phi) is 4.64. The number of nitrogens with two attached hydrogens (primary N) is 1. The fraction of sp³-hybridized carbons (Fsp3) is 0.364. The molecule has 0 saturated carbocycles. The molecule has 5 heteroatoms. The van der Waals surface area contributed by atoms with E-state index in [-0.39, 0.29) is 17.7 Å². The van der Waals surface area contributed by atoms with Crippen molar-refractivity contribution in [3.8, 4) is 0 Å². The van der Waals surface area contributed by atoms with Crippen LogP contribution in [-0.2, 0) is 0 Å². The summed E-state index contributed by atoms with van der Waals surface area (Å²) in [5.74, 6) is 0.0904. The largest absolute Gasteiger partial charge is 0.409 e. The molecule has 0 aliphatic rings. The fourth-order valence-electron chi connectivity index (χ4n) is 1.25. The van der Waals surface area contributed by atoms with Crippen molar-refractivity contribution < 1.29 is 10.3 Å². The highest BCUT2D eigenvalue weighted by atomic mass is 32.2. The van der Waals surface area contributed by atoms with Gasteiger partial charge in [-0.25, -0.2) is 0 Å². The molecule has 1 rings (SSSR count). The van der Waals surface area contributed by atoms with Crippen molar-refractivity contribution >= 4 is 17.6 Å². The van der Waals surface area contributed by atoms with Gasteiger partial charge in [0.05, 0.1) is 6.61 Å². The van der Waals surface area contributed by atoms with Crippen LogP contribution in [-0.4, -0.2) is 28.0 Å². The van der Waals surface area contributed by atoms with Gasteiger partial charge in [0.15, 0.2) is 5.84 Å². The number of benzene rings is 1. The summed E-state index contributed by atoms with van der Waals surface area (Å²) in [6, 6.07) is 5.68. The normalized spacial score (nSPS) is 13.8. The number of amidine groups is 1. The van der Waals surface area contributed by atoms with Gasteiger partial charge in [0, 0.05) is 15.7 Å². The Hall–Kier alpha value is -1.20. The Morgan fingerprint density at radius 2 is 2.25 bits per heavy atom. The summed E-state index contributed by atoms with van der Waals surface area (Å²) < 4.78 is 0. The highest BCUT2D eigenvalue weighted by Crippen LogP contribution is 2.27. The van der Waals surface area contributed by atoms with Crippen molar-refractivity contribution in [3.63, 3.8) is 0 Å². The van der Waals surface area contributed by atoms with Crippen molar-refractivity contribution in [3.05, 3.63) is 29.3 Å². The van der Waals surface area contributed by atoms with E-state index < -0.39 is 0 Å². The summed E-state index contributed by atoms with van der Waals surface area (Å²) in [6.07, 6.45) is 0. The smallest absolute Gasteiger partial charge is 0.171 e. The third-order valence-electron chi connectivity index (χ3n) is 2.11. The van der Waals surface area contributed by atoms with Crippen LogP contribution in [0, 0.1) is 6.92 Å². The molecule has 16 heavy (non-hydrogen) atoms. The lowest BCUT2D eigenvalue weighted by Gasteiger charge is -2.12. The summed E-state index contributed by atoms with van der Waals surface area (Å²) in [7, 11) is 0. The quantitative estimate of drug-likeness (QED) is 0.245. The molecule has 88 valence electrons. The number of aliphatic hydroxyl groups is 1. The van der Waals surface area contributed by atoms with Gasteiger partial charge in [-0.1, -0.05) is 18.1 Å². The summed E-state index contributed by atoms with van der Waals surface area (Å²) in [5.41, 5.74) is 7.38. The van der Waals surface area contributed by atoms with Crippen molar-refractivity contribution in [1.29, 1.82) is 0 Å². The van der Waals surface area contributed by atoms with Crippen molar-refractivity contribution in [2.75, 3.05) is 6.61 Å². The maximum absolute atomic E-state index is 9.02. The molecule has 4 nitrogen and oxygen atoms in total. The van der Waals surface area contributed by atoms with Gasteiger partial charge in [-0.3, -0.25) is 0 Å². The van der Waals surface area contributed by atoms with Crippen LogP contribution in [0.1, 0.15) is 18.1 Å². The van der Waals surface area contributed by atoms with Gasteiger partial charge in [-0.15, -0.1) is 11.8 Å². The number of hydrogen-bond acceptors (Lipinski definition) is 4. The van der Waals surface area contributed by atoms with Gasteiger partial charge in [0.2, 0.25) is 0 Å². The van der Waals surface area contributed by atoms with Crippen molar-refractivity contribution in [2.24, 2.45) is 10.9 Å². The minimum atomic E-state index is 0.0760. The third kappa shape index (κ3) is 3.15. The molecule has 0 aliphatic heterocycles. The SMILES string of the molecule is Cc1ccc(/C(N)=N/O)c(SC(C)CO)c1. The molecule has 0 radical (unpaired) electrons. The van der Waals surface area contributed by atoms with Gasteiger partial charge in [-0.05, 0) is 24.6 Å². The standard InChI is InChI=1S/C11H16N2O2S/c1-7-3-4-9(11(12)13-15)10(5-7)16-8(2)6-14/h3-5,8,14-15H,6H2,1-2H3,(H2,12,13). The molecule has 0 amide bonds. The molecule has 1 aromatic carbocycles. The molecule has 1 unspecified atom stereocenters. The summed E-state index contributed by atoms with van der Waals surface area (Å²) >= 11 is 1.51. The van der Waals surface area contributed by atoms with E-state index in [0.29, 0.717) is 5.56 Å². The van der Waals surface area contributed by atoms with E-state index >= 15 is 0 Å². The first kappa shape index (κ1) is 12.9. The summed E-state index contributed by atoms with van der Waals surface area (Å²) in [5, 5.41) is 20.8. The lowest BCUT2D eigenvalue weighted by molar-refractivity contribution is 0.300. The number of hydrogen-bond donors (Lipinski definition) is 3. The second-order valence-electron chi connectivity index (χ2n) is 3.60. The van der Waals surface area contributed by atoms with Gasteiger partial charge < -0.3 is 16.0 Å². The van der Waals surface area contributed by atoms with E-state index in [4.69, 9.17) is 16.0 Å². The lowest BCUT2D eigenvalue weighted by atomic mass is 10.1. The van der Waals surface area contributed by atoms with Crippen LogP contribution in [0.2, 0.25) is 0 Å². The molecule has 0 bridgehead atoms. The Bertz CT molecular complexity index is 394. The van der Waals surface area contributed by atoms with Gasteiger partial charge in [0.1, 0.15) is 0 Å². The van der Waals surface area contributed by atoms with E-state index in [1.807, 2.05) is 32.0 Å². The Balaban J connectivity index is 3.08. The molecular formula is C11H16N2O2S. The second kappa shape index (κ2) is 5.77. The van der Waals surface area contributed by atoms with Crippen LogP contribution in [0.25, 0.3) is 0 Å². The predicted octanol–water partition coefficient (Wildman–Crippen LogP) is 1.56. The molecule has 4 N–H and O–H groups in total. The molecule has 1 atom stereocenters. The monoisotopic (exact) mass is 240 g/mol. The molecule has 1 aromatic rings. The second-order valence-corrected chi connectivity index (χ2v) is 5.08. The van der Waals surface area contributed by atoms with Gasteiger partial charge >= 0.3 is 0 Å². The molecule has 0 aromatic heterocycles. The van der Waals surface area contributed by atoms with Crippen LogP contribution in [0.3, 0.4) is 0 Å². The van der Waals surface area contributed by atoms with E-state index in [1.54, 1.807) is 0 Å². The van der Waals surface area contributed by atoms with Gasteiger partial charge in [-0.2, -0.15) is 0 Å². The van der Waals surface area contributed by atoms with Crippen LogP contribution in [0.4, 0.5) is 0 Å². The molecule has 0 fully saturated rings. The lowest BCUT2D eigenvalue weighted by Crippen LogP contribution is -2.15. The number of rotatable bonds is 4. The Morgan fingerprint density at radius 1 is 1.56 bits per heavy atom. The number of thioether (sulfide) groups is 1. The molecule has 0 aliphatic carbocycles. The first-order valence-electron chi connectivity index (χ1n) is 4.94. The van der Waals surface area contributed by atoms with Gasteiger partial charge in [0.25, 0.3) is 0 Å². The first-order chi connectivity index (χ1) is 7.58. The average molecular weight is 240 g/mol. The van der Waals surface area contributed by atoms with Crippen LogP contribution in [0.15, 0.2) is 28.3 Å². The third-order valence-corrected chi connectivity index (χ3v) is 3.25. The minimum Gasteiger partial charge on any atom is -0.409 e. The highest BCUT2D eigenvalue weighted by Gasteiger charge is 2.11. The maximum atomic E-state index is 9.02. The maximum Gasteiger partial charge on any atom is 0.171 e. The zero-order chi connectivity index (χ0) is 12.1. The van der Waals surface area contributed by atoms with E-state index in [0.717, 1.165) is 10.5 Å². The number of oxime groups is 1. The van der Waals surface area contributed by atoms with Crippen LogP contribution in [0.5, 0.6) is 0 Å². The molecule has 0 spiro atoms. The molecular weight excluding hydrogens is 224 g/mol. The first-order valence-corrected chi connectivity index (χ1v) is 5.82. The average Bonchev–Trinajstić information content (AvgIpc) is 2.28.